The molecule has 0 radical (unpaired) electrons. The van der Waals surface area contributed by atoms with E-state index in [1.807, 2.05) is 24.3 Å². The fraction of sp³-hybridized carbons (Fsp3) is 0.0667. The van der Waals surface area contributed by atoms with E-state index < -0.39 is 5.91 Å². The summed E-state index contributed by atoms with van der Waals surface area (Å²) in [5, 5.41) is 4.87. The maximum absolute atomic E-state index is 12.0. The van der Waals surface area contributed by atoms with Crippen molar-refractivity contribution in [2.24, 2.45) is 10.7 Å². The predicted octanol–water partition coefficient (Wildman–Crippen LogP) is 2.28. The average molecular weight is 329 g/mol. The molecule has 0 aliphatic rings. The lowest BCUT2D eigenvalue weighted by Gasteiger charge is -2.02. The molecular weight excluding hydrogens is 314 g/mol. The molecule has 0 fully saturated rings. The number of guanidine groups is 1. The number of carbonyl (C=O) groups excluding carboxylic acids is 1. The molecule has 0 atom stereocenters. The van der Waals surface area contributed by atoms with Crippen LogP contribution in [0.4, 0.5) is 5.00 Å². The van der Waals surface area contributed by atoms with Gasteiger partial charge in [-0.3, -0.25) is 4.79 Å². The maximum atomic E-state index is 12.0. The van der Waals surface area contributed by atoms with Crippen molar-refractivity contribution < 1.29 is 9.53 Å². The third-order valence-corrected chi connectivity index (χ3v) is 3.92. The fourth-order valence-electron chi connectivity index (χ4n) is 2.02. The quantitative estimate of drug-likeness (QED) is 0.434. The Morgan fingerprint density at radius 1 is 1.30 bits per heavy atom. The molecule has 0 saturated carbocycles. The fourth-order valence-corrected chi connectivity index (χ4v) is 2.66. The summed E-state index contributed by atoms with van der Waals surface area (Å²) in [5.41, 5.74) is 12.3. The highest BCUT2D eigenvalue weighted by atomic mass is 32.1. The molecule has 23 heavy (non-hydrogen) atoms. The Bertz CT molecular complexity index is 896. The molecule has 7 nitrogen and oxygen atoms in total. The van der Waals surface area contributed by atoms with Crippen LogP contribution in [0.3, 0.4) is 0 Å². The number of fused-ring (bicyclic) bond motifs is 1. The predicted molar refractivity (Wildman–Crippen MR) is 92.1 cm³/mol. The van der Waals surface area contributed by atoms with Crippen molar-refractivity contribution in [2.75, 3.05) is 12.8 Å². The molecule has 2 aromatic heterocycles. The van der Waals surface area contributed by atoms with Gasteiger partial charge in [-0.2, -0.15) is 4.99 Å². The zero-order valence-electron chi connectivity index (χ0n) is 12.3. The van der Waals surface area contributed by atoms with Gasteiger partial charge >= 0.3 is 0 Å². The average Bonchev–Trinajstić information content (AvgIpc) is 3.12. The number of benzene rings is 1. The zero-order chi connectivity index (χ0) is 16.4. The van der Waals surface area contributed by atoms with Crippen molar-refractivity contribution >= 4 is 39.1 Å². The minimum absolute atomic E-state index is 0.0629. The number of H-pyrrole nitrogens is 1. The lowest BCUT2D eigenvalue weighted by molar-refractivity contribution is 0.0998. The number of ether oxygens (including phenoxy) is 1. The smallest absolute Gasteiger partial charge is 0.296 e. The third-order valence-electron chi connectivity index (χ3n) is 3.12. The van der Waals surface area contributed by atoms with E-state index in [2.05, 4.69) is 15.3 Å². The Kier molecular flexibility index (Phi) is 3.90. The van der Waals surface area contributed by atoms with Crippen LogP contribution in [0.1, 0.15) is 10.5 Å². The Morgan fingerprint density at radius 2 is 2.13 bits per heavy atom. The highest BCUT2D eigenvalue weighted by molar-refractivity contribution is 7.17. The van der Waals surface area contributed by atoms with Crippen LogP contribution in [-0.4, -0.2) is 23.9 Å². The van der Waals surface area contributed by atoms with Crippen LogP contribution in [0.5, 0.6) is 10.8 Å². The van der Waals surface area contributed by atoms with E-state index in [1.165, 1.54) is 11.3 Å². The summed E-state index contributed by atoms with van der Waals surface area (Å²) < 4.78 is 5.74. The number of aromatic amines is 1. The first-order chi connectivity index (χ1) is 11.0. The number of hydrogen-bond donors (Lipinski definition) is 4. The minimum atomic E-state index is -0.443. The molecule has 0 spiro atoms. The SMILES string of the molecule is CNC(N)=NC(=O)c1cc2ccc(Oc3ccc(N)s3)cc2[nH]1. The largest absolute Gasteiger partial charge is 0.447 e. The van der Waals surface area contributed by atoms with Crippen LogP contribution in [0.15, 0.2) is 41.4 Å². The van der Waals surface area contributed by atoms with Crippen molar-refractivity contribution in [3.05, 3.63) is 42.1 Å². The van der Waals surface area contributed by atoms with Crippen molar-refractivity contribution in [1.82, 2.24) is 10.3 Å². The van der Waals surface area contributed by atoms with Gasteiger partial charge in [-0.25, -0.2) is 0 Å². The number of amides is 1. The van der Waals surface area contributed by atoms with Crippen molar-refractivity contribution in [1.29, 1.82) is 0 Å². The van der Waals surface area contributed by atoms with Crippen molar-refractivity contribution in [3.63, 3.8) is 0 Å². The highest BCUT2D eigenvalue weighted by Gasteiger charge is 2.10. The summed E-state index contributed by atoms with van der Waals surface area (Å²) in [4.78, 5) is 18.7. The van der Waals surface area contributed by atoms with Gasteiger partial charge in [0.25, 0.3) is 5.91 Å². The summed E-state index contributed by atoms with van der Waals surface area (Å²) in [5.74, 6) is 0.271. The number of rotatable bonds is 3. The molecule has 0 saturated heterocycles. The minimum Gasteiger partial charge on any atom is -0.447 e. The van der Waals surface area contributed by atoms with Crippen LogP contribution in [-0.2, 0) is 0 Å². The number of nitrogens with two attached hydrogens (primary N) is 2. The normalized spacial score (nSPS) is 11.6. The number of aromatic nitrogens is 1. The Morgan fingerprint density at radius 3 is 2.83 bits per heavy atom. The number of nitrogens with zero attached hydrogens (tertiary/aromatic N) is 1. The molecule has 3 rings (SSSR count). The summed E-state index contributed by atoms with van der Waals surface area (Å²) >= 11 is 1.36. The van der Waals surface area contributed by atoms with Gasteiger partial charge in [0.1, 0.15) is 11.4 Å². The number of anilines is 1. The van der Waals surface area contributed by atoms with Gasteiger partial charge in [0.15, 0.2) is 11.0 Å². The van der Waals surface area contributed by atoms with Crippen LogP contribution in [0.2, 0.25) is 0 Å². The zero-order valence-corrected chi connectivity index (χ0v) is 13.1. The van der Waals surface area contributed by atoms with E-state index in [-0.39, 0.29) is 5.96 Å². The van der Waals surface area contributed by atoms with Gasteiger partial charge in [-0.15, -0.1) is 0 Å². The molecule has 0 aliphatic carbocycles. The van der Waals surface area contributed by atoms with Gasteiger partial charge in [0.05, 0.1) is 5.00 Å². The molecule has 8 heteroatoms. The second-order valence-corrected chi connectivity index (χ2v) is 5.82. The maximum Gasteiger partial charge on any atom is 0.296 e. The molecule has 0 unspecified atom stereocenters. The van der Waals surface area contributed by atoms with Gasteiger partial charge in [0.2, 0.25) is 0 Å². The van der Waals surface area contributed by atoms with E-state index >= 15 is 0 Å². The Hall–Kier alpha value is -3.00. The van der Waals surface area contributed by atoms with Gasteiger partial charge < -0.3 is 26.5 Å². The van der Waals surface area contributed by atoms with Crippen LogP contribution >= 0.6 is 11.3 Å². The summed E-state index contributed by atoms with van der Waals surface area (Å²) in [6.07, 6.45) is 0. The summed E-state index contributed by atoms with van der Waals surface area (Å²) in [7, 11) is 1.60. The van der Waals surface area contributed by atoms with Crippen molar-refractivity contribution in [2.45, 2.75) is 0 Å². The molecule has 6 N–H and O–H groups in total. The second kappa shape index (κ2) is 6.01. The number of hydrogen-bond acceptors (Lipinski definition) is 4. The first-order valence-corrected chi connectivity index (χ1v) is 7.59. The van der Waals surface area contributed by atoms with Crippen LogP contribution < -0.4 is 21.5 Å². The number of thiophene rings is 1. The van der Waals surface area contributed by atoms with E-state index in [4.69, 9.17) is 16.2 Å². The third kappa shape index (κ3) is 3.27. The number of carbonyl (C=O) groups is 1. The summed E-state index contributed by atoms with van der Waals surface area (Å²) in [6.45, 7) is 0. The molecule has 3 aromatic rings. The molecule has 0 aliphatic heterocycles. The number of aliphatic imine (C=N–C) groups is 1. The first kappa shape index (κ1) is 14.9. The lowest BCUT2D eigenvalue weighted by Crippen LogP contribution is -2.28. The summed E-state index contributed by atoms with van der Waals surface area (Å²) in [6, 6.07) is 10.8. The second-order valence-electron chi connectivity index (χ2n) is 4.74. The first-order valence-electron chi connectivity index (χ1n) is 6.77. The van der Waals surface area contributed by atoms with E-state index in [0.717, 1.165) is 10.9 Å². The standard InChI is InChI=1S/C15H15N5O2S/c1-18-15(17)20-14(21)11-6-8-2-3-9(7-10(8)19-11)22-13-5-4-12(16)23-13/h2-7,19H,16H2,1H3,(H3,17,18,20,21). The molecule has 2 heterocycles. The van der Waals surface area contributed by atoms with Crippen LogP contribution in [0.25, 0.3) is 10.9 Å². The van der Waals surface area contributed by atoms with E-state index in [1.54, 1.807) is 19.2 Å². The van der Waals surface area contributed by atoms with Crippen LogP contribution in [0, 0.1) is 0 Å². The van der Waals surface area contributed by atoms with Crippen molar-refractivity contribution in [3.8, 4) is 10.8 Å². The molecule has 118 valence electrons. The monoisotopic (exact) mass is 329 g/mol. The number of nitrogens with one attached hydrogen (secondary N) is 2. The molecule has 1 amide bonds. The van der Waals surface area contributed by atoms with E-state index in [9.17, 15) is 4.79 Å². The lowest BCUT2D eigenvalue weighted by atomic mass is 10.2. The Balaban J connectivity index is 1.87. The molecule has 1 aromatic carbocycles. The van der Waals surface area contributed by atoms with Gasteiger partial charge in [-0.05, 0) is 30.3 Å². The topological polar surface area (TPSA) is 119 Å². The Labute approximate surface area is 136 Å². The highest BCUT2D eigenvalue weighted by Crippen LogP contribution is 2.32. The van der Waals surface area contributed by atoms with Gasteiger partial charge in [0, 0.05) is 24.0 Å². The van der Waals surface area contributed by atoms with E-state index in [0.29, 0.717) is 21.5 Å². The number of nitrogen functional groups attached to an aromatic ring is 1. The molecular formula is C15H15N5O2S. The van der Waals surface area contributed by atoms with Gasteiger partial charge in [-0.1, -0.05) is 11.3 Å². The molecule has 0 bridgehead atoms.